The highest BCUT2D eigenvalue weighted by atomic mass is 32.1. The number of aromatic nitrogens is 2. The van der Waals surface area contributed by atoms with Gasteiger partial charge in [-0.1, -0.05) is 12.1 Å². The molecule has 1 N–H and O–H groups in total. The maximum Gasteiger partial charge on any atom is 0.228 e. The minimum Gasteiger partial charge on any atom is -0.309 e. The lowest BCUT2D eigenvalue weighted by molar-refractivity contribution is -0.117. The van der Waals surface area contributed by atoms with Crippen molar-refractivity contribution in [1.82, 2.24) is 10.2 Å². The van der Waals surface area contributed by atoms with Crippen molar-refractivity contribution in [2.45, 2.75) is 11.7 Å². The second-order valence-electron chi connectivity index (χ2n) is 3.97. The molecule has 1 aliphatic rings. The van der Waals surface area contributed by atoms with Crippen LogP contribution in [0.2, 0.25) is 0 Å². The van der Waals surface area contributed by atoms with Gasteiger partial charge >= 0.3 is 0 Å². The molecule has 3 rings (SSSR count). The summed E-state index contributed by atoms with van der Waals surface area (Å²) in [5, 5.41) is 8.08. The molecule has 1 aliphatic heterocycles. The molecule has 1 unspecified atom stereocenters. The minimum absolute atomic E-state index is 0.127. The molecule has 0 spiro atoms. The largest absolute Gasteiger partial charge is 0.309 e. The smallest absolute Gasteiger partial charge is 0.228 e. The van der Waals surface area contributed by atoms with Crippen LogP contribution in [0.4, 0.5) is 5.69 Å². The molecule has 1 saturated heterocycles. The number of thiol groups is 1. The van der Waals surface area contributed by atoms with E-state index in [0.717, 1.165) is 16.6 Å². The van der Waals surface area contributed by atoms with Crippen LogP contribution in [0.5, 0.6) is 0 Å². The average Bonchev–Trinajstić information content (AvgIpc) is 2.84. The number of aromatic amines is 1. The molecule has 1 amide bonds. The van der Waals surface area contributed by atoms with Crippen LogP contribution < -0.4 is 4.90 Å². The maximum atomic E-state index is 11.8. The zero-order valence-corrected chi connectivity index (χ0v) is 9.45. The number of para-hydroxylation sites is 1. The van der Waals surface area contributed by atoms with Crippen molar-refractivity contribution in [3.63, 3.8) is 0 Å². The highest BCUT2D eigenvalue weighted by Crippen LogP contribution is 2.29. The maximum absolute atomic E-state index is 11.8. The molecular formula is C11H11N3OS. The predicted octanol–water partition coefficient (Wildman–Crippen LogP) is 1.60. The van der Waals surface area contributed by atoms with Gasteiger partial charge in [-0.15, -0.1) is 0 Å². The molecule has 0 radical (unpaired) electrons. The Kier molecular flexibility index (Phi) is 2.14. The van der Waals surface area contributed by atoms with Gasteiger partial charge in [0.15, 0.2) is 0 Å². The lowest BCUT2D eigenvalue weighted by Gasteiger charge is -2.16. The van der Waals surface area contributed by atoms with Crippen molar-refractivity contribution in [3.05, 3.63) is 24.4 Å². The summed E-state index contributed by atoms with van der Waals surface area (Å²) in [4.78, 5) is 13.6. The Hall–Kier alpha value is -1.49. The Balaban J connectivity index is 2.12. The van der Waals surface area contributed by atoms with Gasteiger partial charge in [0.05, 0.1) is 17.4 Å². The van der Waals surface area contributed by atoms with Gasteiger partial charge in [0, 0.05) is 23.6 Å². The van der Waals surface area contributed by atoms with Gasteiger partial charge in [0.2, 0.25) is 5.91 Å². The van der Waals surface area contributed by atoms with Gasteiger partial charge in [0.25, 0.3) is 0 Å². The quantitative estimate of drug-likeness (QED) is 0.735. The Morgan fingerprint density at radius 2 is 2.38 bits per heavy atom. The van der Waals surface area contributed by atoms with Crippen molar-refractivity contribution in [1.29, 1.82) is 0 Å². The first-order valence-corrected chi connectivity index (χ1v) is 5.68. The Morgan fingerprint density at radius 3 is 3.12 bits per heavy atom. The molecule has 4 nitrogen and oxygen atoms in total. The van der Waals surface area contributed by atoms with Crippen LogP contribution >= 0.6 is 12.6 Å². The molecule has 16 heavy (non-hydrogen) atoms. The zero-order valence-electron chi connectivity index (χ0n) is 8.55. The van der Waals surface area contributed by atoms with E-state index in [2.05, 4.69) is 22.8 Å². The van der Waals surface area contributed by atoms with Crippen LogP contribution in [0, 0.1) is 0 Å². The van der Waals surface area contributed by atoms with E-state index in [0.29, 0.717) is 13.0 Å². The number of anilines is 1. The highest BCUT2D eigenvalue weighted by molar-refractivity contribution is 7.81. The molecular weight excluding hydrogens is 222 g/mol. The third-order valence-corrected chi connectivity index (χ3v) is 3.20. The number of H-pyrrole nitrogens is 1. The lowest BCUT2D eigenvalue weighted by atomic mass is 10.2. The first-order chi connectivity index (χ1) is 7.75. The molecule has 0 bridgehead atoms. The van der Waals surface area contributed by atoms with Gasteiger partial charge in [-0.05, 0) is 6.07 Å². The first-order valence-electron chi connectivity index (χ1n) is 5.16. The van der Waals surface area contributed by atoms with E-state index in [4.69, 9.17) is 0 Å². The summed E-state index contributed by atoms with van der Waals surface area (Å²) in [7, 11) is 0. The molecule has 1 aromatic heterocycles. The fourth-order valence-electron chi connectivity index (χ4n) is 2.10. The van der Waals surface area contributed by atoms with E-state index in [1.165, 1.54) is 0 Å². The summed E-state index contributed by atoms with van der Waals surface area (Å²) >= 11 is 4.35. The second-order valence-corrected chi connectivity index (χ2v) is 4.70. The van der Waals surface area contributed by atoms with E-state index in [1.54, 1.807) is 11.1 Å². The van der Waals surface area contributed by atoms with Gasteiger partial charge in [0.1, 0.15) is 0 Å². The number of fused-ring (bicyclic) bond motifs is 1. The van der Waals surface area contributed by atoms with Crippen molar-refractivity contribution >= 4 is 35.1 Å². The summed E-state index contributed by atoms with van der Waals surface area (Å²) in [6.07, 6.45) is 2.27. The fourth-order valence-corrected chi connectivity index (χ4v) is 2.42. The molecule has 2 heterocycles. The Bertz CT molecular complexity index is 551. The Morgan fingerprint density at radius 1 is 1.50 bits per heavy atom. The highest BCUT2D eigenvalue weighted by Gasteiger charge is 2.29. The van der Waals surface area contributed by atoms with Gasteiger partial charge in [-0.3, -0.25) is 9.89 Å². The Labute approximate surface area is 98.0 Å². The third-order valence-electron chi connectivity index (χ3n) is 2.85. The summed E-state index contributed by atoms with van der Waals surface area (Å²) in [6.45, 7) is 0.667. The summed E-state index contributed by atoms with van der Waals surface area (Å²) in [5.74, 6) is 0.127. The number of nitrogens with one attached hydrogen (secondary N) is 1. The summed E-state index contributed by atoms with van der Waals surface area (Å²) in [6, 6.07) is 5.84. The number of carbonyl (C=O) groups excluding carboxylic acids is 1. The normalized spacial score (nSPS) is 20.9. The standard InChI is InChI=1S/C11H11N3OS/c15-10-4-8(16)6-14(10)9-3-1-2-7-5-12-13-11(7)9/h1-3,5,8,16H,4,6H2,(H,12,13). The predicted molar refractivity (Wildman–Crippen MR) is 65.8 cm³/mol. The molecule has 0 aliphatic carbocycles. The van der Waals surface area contributed by atoms with Crippen molar-refractivity contribution in [3.8, 4) is 0 Å². The van der Waals surface area contributed by atoms with Gasteiger partial charge in [-0.2, -0.15) is 17.7 Å². The van der Waals surface area contributed by atoms with E-state index in [1.807, 2.05) is 18.2 Å². The molecule has 82 valence electrons. The average molecular weight is 233 g/mol. The fraction of sp³-hybridized carbons (Fsp3) is 0.273. The van der Waals surface area contributed by atoms with E-state index < -0.39 is 0 Å². The summed E-state index contributed by atoms with van der Waals surface area (Å²) < 4.78 is 0. The SMILES string of the molecule is O=C1CC(S)CN1c1cccc2cn[nH]c12. The second kappa shape index (κ2) is 3.52. The number of hydrogen-bond donors (Lipinski definition) is 2. The van der Waals surface area contributed by atoms with Crippen LogP contribution in [0.25, 0.3) is 10.9 Å². The molecule has 1 atom stereocenters. The third kappa shape index (κ3) is 1.39. The monoisotopic (exact) mass is 233 g/mol. The zero-order chi connectivity index (χ0) is 11.1. The minimum atomic E-state index is 0.127. The van der Waals surface area contributed by atoms with Crippen molar-refractivity contribution in [2.75, 3.05) is 11.4 Å². The van der Waals surface area contributed by atoms with Crippen LogP contribution in [0.3, 0.4) is 0 Å². The number of carbonyl (C=O) groups is 1. The van der Waals surface area contributed by atoms with E-state index >= 15 is 0 Å². The first kappa shape index (κ1) is 9.72. The lowest BCUT2D eigenvalue weighted by Crippen LogP contribution is -2.24. The topological polar surface area (TPSA) is 49.0 Å². The van der Waals surface area contributed by atoms with Gasteiger partial charge in [-0.25, -0.2) is 0 Å². The molecule has 1 fully saturated rings. The van der Waals surface area contributed by atoms with Crippen molar-refractivity contribution in [2.24, 2.45) is 0 Å². The van der Waals surface area contributed by atoms with Crippen LogP contribution in [0.15, 0.2) is 24.4 Å². The summed E-state index contributed by atoms with van der Waals surface area (Å²) in [5.41, 5.74) is 1.81. The number of nitrogens with zero attached hydrogens (tertiary/aromatic N) is 2. The number of benzene rings is 1. The molecule has 5 heteroatoms. The molecule has 0 saturated carbocycles. The van der Waals surface area contributed by atoms with E-state index in [9.17, 15) is 4.79 Å². The molecule has 2 aromatic rings. The number of amides is 1. The van der Waals surface area contributed by atoms with Crippen LogP contribution in [-0.4, -0.2) is 27.9 Å². The van der Waals surface area contributed by atoms with Crippen molar-refractivity contribution < 1.29 is 4.79 Å². The molecule has 1 aromatic carbocycles. The van der Waals surface area contributed by atoms with Gasteiger partial charge < -0.3 is 4.90 Å². The van der Waals surface area contributed by atoms with Crippen LogP contribution in [-0.2, 0) is 4.79 Å². The van der Waals surface area contributed by atoms with E-state index in [-0.39, 0.29) is 11.2 Å². The number of hydrogen-bond acceptors (Lipinski definition) is 3. The van der Waals surface area contributed by atoms with Crippen LogP contribution in [0.1, 0.15) is 6.42 Å². The number of rotatable bonds is 1.